The Labute approximate surface area is 244 Å². The standard InChI is InChI=1S/C38H35BN2/c1-23-19-32-31-17-14-27(22-40)29-11-6-12-33(36(29)31)39-37-30-10-5-4-8-25(30)15-18-34(37)41(35(20-23)38(32)39)28-16-13-24-7-2-3-9-26(24)21-28/h3-4,6,8-9,11,13-14,16-17,19,21,25,30,33,35H,2,5,7,10,12,15,18,20H2,1H3. The Balaban J connectivity index is 1.34. The highest BCUT2D eigenvalue weighted by atomic mass is 15.2. The van der Waals surface area contributed by atoms with Crippen LogP contribution in [-0.2, 0) is 6.42 Å². The molecular formula is C38H35BN2. The first-order chi connectivity index (χ1) is 20.2. The number of nitrogens with zero attached hydrogens (tertiary/aromatic N) is 2. The molecular weight excluding hydrogens is 495 g/mol. The minimum absolute atomic E-state index is 0.359. The molecule has 2 aromatic rings. The molecule has 0 spiro atoms. The second-order valence-electron chi connectivity index (χ2n) is 13.3. The van der Waals surface area contributed by atoms with Crippen molar-refractivity contribution in [3.8, 4) is 6.07 Å². The minimum atomic E-state index is 0.359. The summed E-state index contributed by atoms with van der Waals surface area (Å²) in [5.41, 5.74) is 17.1. The van der Waals surface area contributed by atoms with Crippen LogP contribution >= 0.6 is 0 Å². The summed E-state index contributed by atoms with van der Waals surface area (Å²) in [4.78, 5) is 2.82. The lowest BCUT2D eigenvalue weighted by Crippen LogP contribution is -2.55. The monoisotopic (exact) mass is 530 g/mol. The summed E-state index contributed by atoms with van der Waals surface area (Å²) < 4.78 is 0. The number of benzene rings is 2. The van der Waals surface area contributed by atoms with E-state index in [2.05, 4.69) is 90.8 Å². The Morgan fingerprint density at radius 3 is 2.85 bits per heavy atom. The molecule has 4 atom stereocenters. The van der Waals surface area contributed by atoms with E-state index in [0.717, 1.165) is 37.7 Å². The Morgan fingerprint density at radius 1 is 0.976 bits per heavy atom. The summed E-state index contributed by atoms with van der Waals surface area (Å²) in [5.74, 6) is 1.70. The summed E-state index contributed by atoms with van der Waals surface area (Å²) in [5, 5.41) is 10.1. The first kappa shape index (κ1) is 23.9. The predicted octanol–water partition coefficient (Wildman–Crippen LogP) is 8.77. The molecule has 0 N–H and O–H groups in total. The van der Waals surface area contributed by atoms with Crippen LogP contribution in [0.25, 0.3) is 17.7 Å². The third-order valence-electron chi connectivity index (χ3n) is 11.3. The zero-order chi connectivity index (χ0) is 27.2. The van der Waals surface area contributed by atoms with Crippen LogP contribution in [0.4, 0.5) is 5.69 Å². The van der Waals surface area contributed by atoms with Gasteiger partial charge in [0.25, 0.3) is 0 Å². The molecule has 4 unspecified atom stereocenters. The van der Waals surface area contributed by atoms with E-state index in [9.17, 15) is 5.26 Å². The van der Waals surface area contributed by atoms with Gasteiger partial charge in [0.15, 0.2) is 0 Å². The van der Waals surface area contributed by atoms with E-state index >= 15 is 0 Å². The van der Waals surface area contributed by atoms with E-state index in [0.29, 0.717) is 30.4 Å². The number of fused-ring (bicyclic) bond motifs is 6. The van der Waals surface area contributed by atoms with Crippen molar-refractivity contribution in [1.29, 1.82) is 5.26 Å². The first-order valence-corrected chi connectivity index (χ1v) is 15.8. The third kappa shape index (κ3) is 3.31. The Kier molecular flexibility index (Phi) is 5.17. The molecule has 9 rings (SSSR count). The van der Waals surface area contributed by atoms with Crippen LogP contribution in [0.5, 0.6) is 0 Å². The van der Waals surface area contributed by atoms with Gasteiger partial charge in [-0.2, -0.15) is 5.26 Å². The second kappa shape index (κ2) is 8.87. The van der Waals surface area contributed by atoms with Crippen molar-refractivity contribution in [3.05, 3.63) is 116 Å². The smallest absolute Gasteiger partial charge is 0.213 e. The fourth-order valence-electron chi connectivity index (χ4n) is 9.72. The van der Waals surface area contributed by atoms with Crippen LogP contribution in [-0.4, -0.2) is 12.8 Å². The highest BCUT2D eigenvalue weighted by molar-refractivity contribution is 6.78. The summed E-state index contributed by atoms with van der Waals surface area (Å²) in [6.07, 6.45) is 26.1. The Morgan fingerprint density at radius 2 is 1.93 bits per heavy atom. The van der Waals surface area contributed by atoms with Gasteiger partial charge in [-0.15, -0.1) is 0 Å². The molecule has 0 radical (unpaired) electrons. The molecule has 200 valence electrons. The van der Waals surface area contributed by atoms with Gasteiger partial charge < -0.3 is 4.90 Å². The molecule has 41 heavy (non-hydrogen) atoms. The van der Waals surface area contributed by atoms with E-state index in [1.165, 1.54) is 63.9 Å². The van der Waals surface area contributed by atoms with Gasteiger partial charge >= 0.3 is 0 Å². The Hall–Kier alpha value is -3.77. The Bertz CT molecular complexity index is 1750. The first-order valence-electron chi connectivity index (χ1n) is 15.8. The van der Waals surface area contributed by atoms with E-state index in [4.69, 9.17) is 0 Å². The van der Waals surface area contributed by atoms with E-state index < -0.39 is 0 Å². The number of allylic oxidation sites excluding steroid dienone is 8. The molecule has 0 aromatic heterocycles. The number of hydrogen-bond donors (Lipinski definition) is 0. The average Bonchev–Trinajstić information content (AvgIpc) is 3.02. The molecule has 0 saturated heterocycles. The van der Waals surface area contributed by atoms with Crippen molar-refractivity contribution >= 4 is 30.1 Å². The quantitative estimate of drug-likeness (QED) is 0.272. The van der Waals surface area contributed by atoms with Gasteiger partial charge in [0, 0.05) is 11.4 Å². The zero-order valence-electron chi connectivity index (χ0n) is 23.9. The highest BCUT2D eigenvalue weighted by Crippen LogP contribution is 2.58. The second-order valence-corrected chi connectivity index (χ2v) is 13.3. The van der Waals surface area contributed by atoms with Crippen molar-refractivity contribution in [1.82, 2.24) is 0 Å². The van der Waals surface area contributed by atoms with Crippen LogP contribution in [0.1, 0.15) is 91.1 Å². The van der Waals surface area contributed by atoms with Crippen LogP contribution < -0.4 is 4.90 Å². The number of rotatable bonds is 1. The van der Waals surface area contributed by atoms with Gasteiger partial charge in [-0.3, -0.25) is 0 Å². The molecule has 0 bridgehead atoms. The van der Waals surface area contributed by atoms with Gasteiger partial charge in [0.05, 0.1) is 17.7 Å². The minimum Gasteiger partial charge on any atom is -0.339 e. The molecule has 0 amide bonds. The molecule has 2 aliphatic heterocycles. The van der Waals surface area contributed by atoms with Crippen molar-refractivity contribution in [3.63, 3.8) is 0 Å². The topological polar surface area (TPSA) is 27.0 Å². The summed E-state index contributed by atoms with van der Waals surface area (Å²) in [6, 6.07) is 14.6. The summed E-state index contributed by atoms with van der Waals surface area (Å²) >= 11 is 0. The van der Waals surface area contributed by atoms with E-state index in [1.54, 1.807) is 16.6 Å². The number of nitriles is 1. The third-order valence-corrected chi connectivity index (χ3v) is 11.3. The van der Waals surface area contributed by atoms with E-state index in [-0.39, 0.29) is 0 Å². The molecule has 2 nitrogen and oxygen atoms in total. The summed E-state index contributed by atoms with van der Waals surface area (Å²) in [6.45, 7) is 2.77. The number of anilines is 1. The lowest BCUT2D eigenvalue weighted by atomic mass is 9.23. The van der Waals surface area contributed by atoms with Crippen molar-refractivity contribution in [2.75, 3.05) is 4.90 Å². The van der Waals surface area contributed by atoms with Crippen molar-refractivity contribution < 1.29 is 0 Å². The van der Waals surface area contributed by atoms with Gasteiger partial charge in [-0.1, -0.05) is 71.2 Å². The fourth-order valence-corrected chi connectivity index (χ4v) is 9.72. The SMILES string of the molecule is CC1=CC2=C3B(C4=C(CCC5C=CCCC45)N(c4ccc5c(c4)C=CCC5)C3C1)C1CC=Cc3c(C#N)ccc2c31. The van der Waals surface area contributed by atoms with Crippen LogP contribution in [0, 0.1) is 23.2 Å². The molecule has 2 heterocycles. The molecule has 0 fully saturated rings. The van der Waals surface area contributed by atoms with Gasteiger partial charge in [-0.25, -0.2) is 0 Å². The summed E-state index contributed by atoms with van der Waals surface area (Å²) in [7, 11) is 0. The largest absolute Gasteiger partial charge is 0.339 e. The maximum absolute atomic E-state index is 10.1. The predicted molar refractivity (Wildman–Crippen MR) is 170 cm³/mol. The highest BCUT2D eigenvalue weighted by Gasteiger charge is 2.54. The number of hydrogen-bond acceptors (Lipinski definition) is 2. The van der Waals surface area contributed by atoms with Crippen LogP contribution in [0.3, 0.4) is 0 Å². The average molecular weight is 531 g/mol. The number of aryl methyl sites for hydroxylation is 1. The van der Waals surface area contributed by atoms with Crippen molar-refractivity contribution in [2.24, 2.45) is 11.8 Å². The van der Waals surface area contributed by atoms with Gasteiger partial charge in [0.1, 0.15) is 0 Å². The molecule has 5 aliphatic carbocycles. The van der Waals surface area contributed by atoms with Crippen molar-refractivity contribution in [2.45, 2.75) is 70.1 Å². The lowest BCUT2D eigenvalue weighted by molar-refractivity contribution is 0.365. The van der Waals surface area contributed by atoms with Gasteiger partial charge in [-0.05, 0) is 128 Å². The normalized spacial score (nSPS) is 28.3. The zero-order valence-corrected chi connectivity index (χ0v) is 23.9. The molecule has 7 aliphatic rings. The van der Waals surface area contributed by atoms with Gasteiger partial charge in [0.2, 0.25) is 6.71 Å². The van der Waals surface area contributed by atoms with Crippen LogP contribution in [0.15, 0.2) is 82.9 Å². The molecule has 2 aromatic carbocycles. The maximum atomic E-state index is 10.1. The molecule has 3 heteroatoms. The van der Waals surface area contributed by atoms with Crippen LogP contribution in [0.2, 0.25) is 0 Å². The molecule has 0 saturated carbocycles. The fraction of sp³-hybridized carbons (Fsp3) is 0.342. The maximum Gasteiger partial charge on any atom is 0.213 e. The lowest BCUT2D eigenvalue weighted by Gasteiger charge is -2.55. The van der Waals surface area contributed by atoms with E-state index in [1.807, 2.05) is 0 Å².